The second kappa shape index (κ2) is 8.13. The van der Waals surface area contributed by atoms with E-state index < -0.39 is 53.1 Å². The van der Waals surface area contributed by atoms with E-state index in [0.717, 1.165) is 4.47 Å². The highest BCUT2D eigenvalue weighted by Gasteiger charge is 2.26. The molecule has 2 aromatic carbocycles. The van der Waals surface area contributed by atoms with Crippen LogP contribution in [-0.4, -0.2) is 18.4 Å². The van der Waals surface area contributed by atoms with Crippen molar-refractivity contribution in [1.82, 2.24) is 10.7 Å². The maximum atomic E-state index is 13.4. The third-order valence-electron chi connectivity index (χ3n) is 3.05. The molecule has 5 nitrogen and oxygen atoms in total. The largest absolute Gasteiger partial charge is 0.343 e. The van der Waals surface area contributed by atoms with Crippen LogP contribution in [0.2, 0.25) is 0 Å². The zero-order valence-electron chi connectivity index (χ0n) is 12.6. The molecule has 0 saturated carbocycles. The molecule has 2 aromatic rings. The number of anilines is 1. The summed E-state index contributed by atoms with van der Waals surface area (Å²) in [5.74, 6) is -12.5. The van der Waals surface area contributed by atoms with Gasteiger partial charge in [0.15, 0.2) is 23.3 Å². The number of hydrazine groups is 1. The van der Waals surface area contributed by atoms with Crippen molar-refractivity contribution in [3.05, 3.63) is 63.4 Å². The number of carbonyl (C=O) groups excluding carboxylic acids is 2. The summed E-state index contributed by atoms with van der Waals surface area (Å²) < 4.78 is 66.5. The predicted molar refractivity (Wildman–Crippen MR) is 84.5 cm³/mol. The third kappa shape index (κ3) is 4.28. The van der Waals surface area contributed by atoms with Gasteiger partial charge in [0.25, 0.3) is 11.8 Å². The molecular formula is C15H9BrF5N3O2. The maximum Gasteiger partial charge on any atom is 0.257 e. The van der Waals surface area contributed by atoms with Gasteiger partial charge in [0, 0.05) is 10.0 Å². The maximum absolute atomic E-state index is 13.4. The Morgan fingerprint density at radius 2 is 1.35 bits per heavy atom. The topological polar surface area (TPSA) is 70.2 Å². The van der Waals surface area contributed by atoms with E-state index in [2.05, 4.69) is 21.2 Å². The lowest BCUT2D eigenvalue weighted by atomic mass is 10.2. The van der Waals surface area contributed by atoms with E-state index in [9.17, 15) is 31.5 Å². The minimum atomic E-state index is -2.32. The Labute approximate surface area is 151 Å². The highest BCUT2D eigenvalue weighted by atomic mass is 79.9. The van der Waals surface area contributed by atoms with Gasteiger partial charge in [0.2, 0.25) is 5.82 Å². The summed E-state index contributed by atoms with van der Waals surface area (Å²) >= 11 is 3.18. The number of benzene rings is 2. The number of hydrogen-bond acceptors (Lipinski definition) is 3. The Bertz CT molecular complexity index is 832. The molecule has 3 N–H and O–H groups in total. The Morgan fingerprint density at radius 1 is 0.846 bits per heavy atom. The van der Waals surface area contributed by atoms with E-state index in [1.54, 1.807) is 23.0 Å². The number of rotatable bonds is 5. The first kappa shape index (κ1) is 19.6. The number of carbonyl (C=O) groups is 2. The molecule has 0 atom stereocenters. The second-order valence-corrected chi connectivity index (χ2v) is 5.72. The van der Waals surface area contributed by atoms with E-state index in [4.69, 9.17) is 0 Å². The average molecular weight is 438 g/mol. The van der Waals surface area contributed by atoms with Gasteiger partial charge in [-0.15, -0.1) is 0 Å². The molecule has 0 aromatic heterocycles. The van der Waals surface area contributed by atoms with Gasteiger partial charge in [-0.05, 0) is 24.3 Å². The highest BCUT2D eigenvalue weighted by molar-refractivity contribution is 9.10. The van der Waals surface area contributed by atoms with Gasteiger partial charge in [-0.3, -0.25) is 20.4 Å². The number of amides is 2. The predicted octanol–water partition coefficient (Wildman–Crippen LogP) is 3.02. The van der Waals surface area contributed by atoms with Crippen LogP contribution in [0.25, 0.3) is 0 Å². The van der Waals surface area contributed by atoms with Crippen LogP contribution < -0.4 is 16.2 Å². The quantitative estimate of drug-likeness (QED) is 0.291. The van der Waals surface area contributed by atoms with Crippen molar-refractivity contribution in [3.63, 3.8) is 0 Å². The zero-order valence-corrected chi connectivity index (χ0v) is 14.2. The molecule has 2 rings (SSSR count). The molecule has 0 spiro atoms. The lowest BCUT2D eigenvalue weighted by Crippen LogP contribution is -2.40. The molecular weight excluding hydrogens is 429 g/mol. The fourth-order valence-corrected chi connectivity index (χ4v) is 2.02. The van der Waals surface area contributed by atoms with Crippen LogP contribution in [-0.2, 0) is 4.79 Å². The van der Waals surface area contributed by atoms with Gasteiger partial charge in [0.05, 0.1) is 6.54 Å². The van der Waals surface area contributed by atoms with Crippen molar-refractivity contribution < 1.29 is 31.5 Å². The molecule has 0 fully saturated rings. The van der Waals surface area contributed by atoms with Crippen LogP contribution in [0.15, 0.2) is 28.7 Å². The van der Waals surface area contributed by atoms with E-state index in [-0.39, 0.29) is 5.56 Å². The van der Waals surface area contributed by atoms with Gasteiger partial charge >= 0.3 is 0 Å². The molecule has 0 saturated heterocycles. The van der Waals surface area contributed by atoms with Crippen LogP contribution in [0.4, 0.5) is 27.6 Å². The van der Waals surface area contributed by atoms with Gasteiger partial charge in [-0.25, -0.2) is 22.0 Å². The zero-order chi connectivity index (χ0) is 19.4. The Hall–Kier alpha value is -2.69. The monoisotopic (exact) mass is 437 g/mol. The van der Waals surface area contributed by atoms with Crippen LogP contribution in [0.3, 0.4) is 0 Å². The summed E-state index contributed by atoms with van der Waals surface area (Å²) in [4.78, 5) is 23.3. The van der Waals surface area contributed by atoms with Gasteiger partial charge in [0.1, 0.15) is 5.69 Å². The summed E-state index contributed by atoms with van der Waals surface area (Å²) in [6.07, 6.45) is 0. The molecule has 0 aliphatic rings. The summed E-state index contributed by atoms with van der Waals surface area (Å²) in [6.45, 7) is -0.614. The number of halogens is 6. The Kier molecular flexibility index (Phi) is 6.14. The standard InChI is InChI=1S/C15H9BrF5N3O2/c16-7-3-1-6(2-4-7)15(26)22-5-8(25)23-24-14-12(20)10(18)9(17)11(19)13(14)21/h1-4,24H,5H2,(H,22,26)(H,23,25). The lowest BCUT2D eigenvalue weighted by molar-refractivity contribution is -0.119. The van der Waals surface area contributed by atoms with E-state index in [1.165, 1.54) is 12.1 Å². The van der Waals surface area contributed by atoms with E-state index >= 15 is 0 Å². The van der Waals surface area contributed by atoms with E-state index in [1.807, 2.05) is 0 Å². The molecule has 138 valence electrons. The normalized spacial score (nSPS) is 10.4. The van der Waals surface area contributed by atoms with Crippen molar-refractivity contribution in [2.24, 2.45) is 0 Å². The summed E-state index contributed by atoms with van der Waals surface area (Å²) in [6, 6.07) is 6.15. The minimum absolute atomic E-state index is 0.244. The molecule has 26 heavy (non-hydrogen) atoms. The average Bonchev–Trinajstić information content (AvgIpc) is 2.63. The van der Waals surface area contributed by atoms with Crippen LogP contribution in [0.5, 0.6) is 0 Å². The fraction of sp³-hybridized carbons (Fsp3) is 0.0667. The molecule has 0 bridgehead atoms. The molecule has 0 aliphatic heterocycles. The van der Waals surface area contributed by atoms with Crippen molar-refractivity contribution in [2.45, 2.75) is 0 Å². The van der Waals surface area contributed by atoms with Crippen LogP contribution >= 0.6 is 15.9 Å². The third-order valence-corrected chi connectivity index (χ3v) is 3.58. The van der Waals surface area contributed by atoms with Crippen molar-refractivity contribution in [1.29, 1.82) is 0 Å². The summed E-state index contributed by atoms with van der Waals surface area (Å²) in [5.41, 5.74) is 2.15. The first-order chi connectivity index (χ1) is 12.2. The van der Waals surface area contributed by atoms with Gasteiger partial charge in [-0.2, -0.15) is 0 Å². The lowest BCUT2D eigenvalue weighted by Gasteiger charge is -2.12. The molecule has 11 heteroatoms. The molecule has 0 unspecified atom stereocenters. The first-order valence-corrected chi connectivity index (χ1v) is 7.61. The second-order valence-electron chi connectivity index (χ2n) is 4.81. The van der Waals surface area contributed by atoms with Crippen LogP contribution in [0, 0.1) is 29.1 Å². The SMILES string of the molecule is O=C(CNC(=O)c1ccc(Br)cc1)NNc1c(F)c(F)c(F)c(F)c1F. The van der Waals surface area contributed by atoms with Gasteiger partial charge in [-0.1, -0.05) is 15.9 Å². The fourth-order valence-electron chi connectivity index (χ4n) is 1.75. The van der Waals surface area contributed by atoms with Crippen molar-refractivity contribution >= 4 is 33.4 Å². The molecule has 0 aliphatic carbocycles. The Balaban J connectivity index is 1.95. The molecule has 0 heterocycles. The van der Waals surface area contributed by atoms with Crippen LogP contribution in [0.1, 0.15) is 10.4 Å². The van der Waals surface area contributed by atoms with Crippen molar-refractivity contribution in [2.75, 3.05) is 12.0 Å². The Morgan fingerprint density at radius 3 is 1.88 bits per heavy atom. The summed E-state index contributed by atoms with van der Waals surface area (Å²) in [5, 5.41) is 2.21. The number of nitrogens with one attached hydrogen (secondary N) is 3. The highest BCUT2D eigenvalue weighted by Crippen LogP contribution is 2.26. The minimum Gasteiger partial charge on any atom is -0.343 e. The molecule has 0 radical (unpaired) electrons. The number of hydrogen-bond donors (Lipinski definition) is 3. The summed E-state index contributed by atoms with van der Waals surface area (Å²) in [7, 11) is 0. The molecule has 2 amide bonds. The van der Waals surface area contributed by atoms with E-state index in [0.29, 0.717) is 0 Å². The van der Waals surface area contributed by atoms with Gasteiger partial charge < -0.3 is 5.32 Å². The smallest absolute Gasteiger partial charge is 0.257 e. The van der Waals surface area contributed by atoms with Crippen molar-refractivity contribution in [3.8, 4) is 0 Å². The first-order valence-electron chi connectivity index (χ1n) is 6.82.